The lowest BCUT2D eigenvalue weighted by molar-refractivity contribution is 0.0870. The average Bonchev–Trinajstić information content (AvgIpc) is 2.09. The van der Waals surface area contributed by atoms with E-state index >= 15 is 0 Å². The van der Waals surface area contributed by atoms with Gasteiger partial charge in [-0.3, -0.25) is 4.90 Å². The van der Waals surface area contributed by atoms with Crippen LogP contribution in [-0.2, 0) is 0 Å². The highest BCUT2D eigenvalue weighted by Gasteiger charge is 2.16. The number of aliphatic hydroxyl groups is 1. The van der Waals surface area contributed by atoms with Crippen LogP contribution in [0.25, 0.3) is 0 Å². The molecule has 3 heteroatoms. The molecule has 1 aliphatic heterocycles. The monoisotopic (exact) mass is 187 g/mol. The van der Waals surface area contributed by atoms with Crippen molar-refractivity contribution in [2.75, 3.05) is 25.4 Å². The van der Waals surface area contributed by atoms with Gasteiger partial charge in [0, 0.05) is 25.4 Å². The number of piperidine rings is 1. The highest BCUT2D eigenvalue weighted by atomic mass is 32.1. The van der Waals surface area contributed by atoms with Crippen LogP contribution >= 0.6 is 12.6 Å². The molecule has 12 heavy (non-hydrogen) atoms. The van der Waals surface area contributed by atoms with Gasteiger partial charge in [0.15, 0.2) is 0 Å². The first-order valence-electron chi connectivity index (χ1n) is 4.40. The van der Waals surface area contributed by atoms with Gasteiger partial charge in [0.1, 0.15) is 0 Å². The normalized spacial score (nSPS) is 21.2. The molecule has 0 saturated carbocycles. The van der Waals surface area contributed by atoms with Crippen LogP contribution in [-0.4, -0.2) is 41.5 Å². The third kappa shape index (κ3) is 3.17. The van der Waals surface area contributed by atoms with Gasteiger partial charge >= 0.3 is 0 Å². The largest absolute Gasteiger partial charge is 0.393 e. The molecule has 0 aromatic heterocycles. The third-order valence-electron chi connectivity index (χ3n) is 2.23. The SMILES string of the molecule is C=C(CS)CN1CCC(O)CC1. The molecule has 1 saturated heterocycles. The zero-order chi connectivity index (χ0) is 8.97. The van der Waals surface area contributed by atoms with E-state index in [4.69, 9.17) is 0 Å². The lowest BCUT2D eigenvalue weighted by Gasteiger charge is -2.29. The summed E-state index contributed by atoms with van der Waals surface area (Å²) in [5.74, 6) is 0.763. The Labute approximate surface area is 79.7 Å². The van der Waals surface area contributed by atoms with Crippen LogP contribution in [0.15, 0.2) is 12.2 Å². The Morgan fingerprint density at radius 2 is 2.08 bits per heavy atom. The van der Waals surface area contributed by atoms with Crippen LogP contribution in [0.1, 0.15) is 12.8 Å². The van der Waals surface area contributed by atoms with Gasteiger partial charge in [-0.05, 0) is 12.8 Å². The van der Waals surface area contributed by atoms with E-state index in [9.17, 15) is 5.11 Å². The number of nitrogens with zero attached hydrogens (tertiary/aromatic N) is 1. The zero-order valence-electron chi connectivity index (χ0n) is 7.37. The fourth-order valence-corrected chi connectivity index (χ4v) is 1.54. The highest BCUT2D eigenvalue weighted by Crippen LogP contribution is 2.11. The summed E-state index contributed by atoms with van der Waals surface area (Å²) >= 11 is 4.16. The van der Waals surface area contributed by atoms with Crippen molar-refractivity contribution in [3.63, 3.8) is 0 Å². The maximum absolute atomic E-state index is 9.25. The van der Waals surface area contributed by atoms with Gasteiger partial charge in [-0.15, -0.1) is 0 Å². The molecule has 0 unspecified atom stereocenters. The summed E-state index contributed by atoms with van der Waals surface area (Å²) < 4.78 is 0. The number of aliphatic hydroxyl groups excluding tert-OH is 1. The quantitative estimate of drug-likeness (QED) is 0.507. The minimum absolute atomic E-state index is 0.0782. The van der Waals surface area contributed by atoms with E-state index in [1.807, 2.05) is 0 Å². The molecule has 0 atom stereocenters. The first-order valence-corrected chi connectivity index (χ1v) is 5.03. The van der Waals surface area contributed by atoms with Crippen molar-refractivity contribution >= 4 is 12.6 Å². The molecule has 1 N–H and O–H groups in total. The first kappa shape index (κ1) is 10.1. The Balaban J connectivity index is 2.21. The van der Waals surface area contributed by atoms with Crippen LogP contribution in [0, 0.1) is 0 Å². The Bertz CT molecular complexity index is 153. The summed E-state index contributed by atoms with van der Waals surface area (Å²) in [6, 6.07) is 0. The van der Waals surface area contributed by atoms with Crippen LogP contribution in [0.5, 0.6) is 0 Å². The molecule has 1 rings (SSSR count). The number of hydrogen-bond donors (Lipinski definition) is 2. The molecule has 0 aliphatic carbocycles. The molecule has 70 valence electrons. The van der Waals surface area contributed by atoms with Crippen molar-refractivity contribution in [3.05, 3.63) is 12.2 Å². The summed E-state index contributed by atoms with van der Waals surface area (Å²) in [5.41, 5.74) is 1.16. The maximum atomic E-state index is 9.25. The molecule has 1 aliphatic rings. The molecule has 1 heterocycles. The lowest BCUT2D eigenvalue weighted by atomic mass is 10.1. The van der Waals surface area contributed by atoms with E-state index in [2.05, 4.69) is 24.1 Å². The maximum Gasteiger partial charge on any atom is 0.0564 e. The zero-order valence-corrected chi connectivity index (χ0v) is 8.26. The van der Waals surface area contributed by atoms with Crippen molar-refractivity contribution in [2.24, 2.45) is 0 Å². The molecule has 0 amide bonds. The molecule has 1 fully saturated rings. The summed E-state index contributed by atoms with van der Waals surface area (Å²) in [5, 5.41) is 9.25. The van der Waals surface area contributed by atoms with Crippen molar-refractivity contribution in [3.8, 4) is 0 Å². The molecular formula is C9H17NOS. The molecule has 0 radical (unpaired) electrons. The molecule has 2 nitrogen and oxygen atoms in total. The van der Waals surface area contributed by atoms with Crippen LogP contribution in [0.2, 0.25) is 0 Å². The second-order valence-corrected chi connectivity index (χ2v) is 3.73. The number of thiol groups is 1. The smallest absolute Gasteiger partial charge is 0.0564 e. The van der Waals surface area contributed by atoms with Gasteiger partial charge in [-0.25, -0.2) is 0 Å². The molecule has 0 aromatic carbocycles. The number of likely N-dealkylation sites (tertiary alicyclic amines) is 1. The van der Waals surface area contributed by atoms with Gasteiger partial charge in [0.25, 0.3) is 0 Å². The summed E-state index contributed by atoms with van der Waals surface area (Å²) in [6.07, 6.45) is 1.73. The Kier molecular flexibility index (Phi) is 4.12. The van der Waals surface area contributed by atoms with Crippen molar-refractivity contribution in [2.45, 2.75) is 18.9 Å². The van der Waals surface area contributed by atoms with Crippen LogP contribution < -0.4 is 0 Å². The minimum Gasteiger partial charge on any atom is -0.393 e. The van der Waals surface area contributed by atoms with Gasteiger partial charge in [-0.2, -0.15) is 12.6 Å². The summed E-state index contributed by atoms with van der Waals surface area (Å²) in [6.45, 7) is 6.83. The van der Waals surface area contributed by atoms with Gasteiger partial charge in [0.2, 0.25) is 0 Å². The van der Waals surface area contributed by atoms with E-state index < -0.39 is 0 Å². The Morgan fingerprint density at radius 3 is 2.58 bits per heavy atom. The second kappa shape index (κ2) is 4.90. The van der Waals surface area contributed by atoms with Gasteiger partial charge in [-0.1, -0.05) is 12.2 Å². The molecule has 0 spiro atoms. The molecule has 0 bridgehead atoms. The van der Waals surface area contributed by atoms with Crippen LogP contribution in [0.4, 0.5) is 0 Å². The van der Waals surface area contributed by atoms with E-state index in [-0.39, 0.29) is 6.10 Å². The van der Waals surface area contributed by atoms with E-state index in [0.29, 0.717) is 0 Å². The van der Waals surface area contributed by atoms with Gasteiger partial charge in [0.05, 0.1) is 6.10 Å². The second-order valence-electron chi connectivity index (χ2n) is 3.42. The summed E-state index contributed by atoms with van der Waals surface area (Å²) in [7, 11) is 0. The summed E-state index contributed by atoms with van der Waals surface area (Å²) in [4.78, 5) is 2.32. The van der Waals surface area contributed by atoms with Crippen molar-refractivity contribution in [1.82, 2.24) is 4.90 Å². The topological polar surface area (TPSA) is 23.5 Å². The number of rotatable bonds is 3. The third-order valence-corrected chi connectivity index (χ3v) is 2.68. The Morgan fingerprint density at radius 1 is 1.50 bits per heavy atom. The predicted molar refractivity (Wildman–Crippen MR) is 54.7 cm³/mol. The fourth-order valence-electron chi connectivity index (χ4n) is 1.44. The minimum atomic E-state index is -0.0782. The highest BCUT2D eigenvalue weighted by molar-refractivity contribution is 7.80. The molecule has 0 aromatic rings. The predicted octanol–water partition coefficient (Wildman–Crippen LogP) is 0.929. The van der Waals surface area contributed by atoms with E-state index in [0.717, 1.165) is 43.8 Å². The Hall–Kier alpha value is 0.01000. The van der Waals surface area contributed by atoms with Crippen LogP contribution in [0.3, 0.4) is 0 Å². The first-order chi connectivity index (χ1) is 5.72. The average molecular weight is 187 g/mol. The van der Waals surface area contributed by atoms with E-state index in [1.54, 1.807) is 0 Å². The lowest BCUT2D eigenvalue weighted by Crippen LogP contribution is -2.37. The van der Waals surface area contributed by atoms with E-state index in [1.165, 1.54) is 0 Å². The van der Waals surface area contributed by atoms with Crippen molar-refractivity contribution in [1.29, 1.82) is 0 Å². The van der Waals surface area contributed by atoms with Gasteiger partial charge < -0.3 is 5.11 Å². The van der Waals surface area contributed by atoms with Crippen molar-refractivity contribution < 1.29 is 5.11 Å². The standard InChI is InChI=1S/C9H17NOS/c1-8(7-12)6-10-4-2-9(11)3-5-10/h9,11-12H,1-7H2. The number of hydrogen-bond acceptors (Lipinski definition) is 3. The molecular weight excluding hydrogens is 170 g/mol. The fraction of sp³-hybridized carbons (Fsp3) is 0.778.